The zero-order chi connectivity index (χ0) is 28.6. The second-order valence-electron chi connectivity index (χ2n) is 10.2. The molecule has 0 aliphatic heterocycles. The molecule has 5 rings (SSSR count). The van der Waals surface area contributed by atoms with E-state index in [0.717, 1.165) is 31.7 Å². The Kier molecular flexibility index (Phi) is 7.58. The summed E-state index contributed by atoms with van der Waals surface area (Å²) in [6.45, 7) is 1.63. The highest BCUT2D eigenvalue weighted by atomic mass is 19.4. The van der Waals surface area contributed by atoms with E-state index < -0.39 is 29.9 Å². The van der Waals surface area contributed by atoms with Gasteiger partial charge in [-0.25, -0.2) is 14.8 Å². The first-order valence-electron chi connectivity index (χ1n) is 13.1. The summed E-state index contributed by atoms with van der Waals surface area (Å²) in [5, 5.41) is 6.04. The number of halogens is 3. The van der Waals surface area contributed by atoms with Crippen molar-refractivity contribution in [2.45, 2.75) is 75.9 Å². The molecule has 2 saturated carbocycles. The molecule has 4 N–H and O–H groups in total. The third-order valence-corrected chi connectivity index (χ3v) is 7.22. The molecule has 0 radical (unpaired) electrons. The van der Waals surface area contributed by atoms with Crippen molar-refractivity contribution < 1.29 is 36.7 Å². The van der Waals surface area contributed by atoms with Crippen LogP contribution in [0.4, 0.5) is 18.0 Å². The number of nitrogens with one attached hydrogen (secondary N) is 2. The molecule has 40 heavy (non-hydrogen) atoms. The molecule has 10 nitrogen and oxygen atoms in total. The van der Waals surface area contributed by atoms with E-state index in [1.54, 1.807) is 13.0 Å². The first-order chi connectivity index (χ1) is 19.0. The molecule has 0 unspecified atom stereocenters. The minimum atomic E-state index is -4.64. The number of ether oxygens (including phenoxy) is 2. The number of aromatic nitrogens is 2. The Balaban J connectivity index is 1.32. The molecule has 214 valence electrons. The van der Waals surface area contributed by atoms with Crippen molar-refractivity contribution in [3.8, 4) is 17.2 Å². The molecule has 2 aliphatic carbocycles. The largest absolute Gasteiger partial charge is 0.494 e. The molecule has 1 atom stereocenters. The molecule has 2 heterocycles. The summed E-state index contributed by atoms with van der Waals surface area (Å²) in [5.41, 5.74) is 5.25. The van der Waals surface area contributed by atoms with Crippen LogP contribution >= 0.6 is 0 Å². The second-order valence-corrected chi connectivity index (χ2v) is 10.2. The SMILES string of the molecule is COc1ccc(-c2nc(C(=O)N[C@H]3C[C@@H](OC(=O)NC4CCCC4)C3)c([C@H](C)N)o2)c2ccc(C(F)(F)F)nc12. The lowest BCUT2D eigenvalue weighted by atomic mass is 9.89. The fourth-order valence-corrected chi connectivity index (χ4v) is 5.08. The smallest absolute Gasteiger partial charge is 0.433 e. The molecule has 13 heteroatoms. The minimum absolute atomic E-state index is 0.00469. The van der Waals surface area contributed by atoms with Gasteiger partial charge in [-0.15, -0.1) is 0 Å². The van der Waals surface area contributed by atoms with Gasteiger partial charge in [0, 0.05) is 35.9 Å². The Hall–Kier alpha value is -3.87. The molecular formula is C27H30F3N5O5. The molecule has 2 fully saturated rings. The lowest BCUT2D eigenvalue weighted by Crippen LogP contribution is -2.50. The number of nitrogens with zero attached hydrogens (tertiary/aromatic N) is 2. The standard InChI is InChI=1S/C27H30F3N5O5/c1-13(31)23-22(24(36)32-15-11-16(12-15)39-26(37)33-14-5-3-4-6-14)35-25(40-23)18-7-9-19(38-2)21-17(18)8-10-20(34-21)27(28,29)30/h7-10,13-16H,3-6,11-12,31H2,1-2H3,(H,32,36)(H,33,37)/t13-,15-,16+/m0/s1. The van der Waals surface area contributed by atoms with E-state index in [0.29, 0.717) is 23.8 Å². The maximum Gasteiger partial charge on any atom is 0.433 e. The van der Waals surface area contributed by atoms with E-state index in [-0.39, 0.29) is 46.8 Å². The lowest BCUT2D eigenvalue weighted by molar-refractivity contribution is -0.140. The number of alkyl halides is 3. The number of pyridine rings is 1. The van der Waals surface area contributed by atoms with Crippen molar-refractivity contribution in [1.29, 1.82) is 0 Å². The summed E-state index contributed by atoms with van der Waals surface area (Å²) < 4.78 is 56.4. The van der Waals surface area contributed by atoms with Crippen LogP contribution < -0.4 is 21.1 Å². The normalized spacial score (nSPS) is 20.1. The van der Waals surface area contributed by atoms with Gasteiger partial charge in [-0.05, 0) is 44.0 Å². The maximum atomic E-state index is 13.3. The van der Waals surface area contributed by atoms with Crippen molar-refractivity contribution in [2.75, 3.05) is 7.11 Å². The van der Waals surface area contributed by atoms with Crippen LogP contribution in [0, 0.1) is 0 Å². The van der Waals surface area contributed by atoms with Gasteiger partial charge in [-0.2, -0.15) is 13.2 Å². The topological polar surface area (TPSA) is 142 Å². The van der Waals surface area contributed by atoms with Crippen molar-refractivity contribution in [1.82, 2.24) is 20.6 Å². The Morgan fingerprint density at radius 3 is 2.45 bits per heavy atom. The number of fused-ring (bicyclic) bond motifs is 1. The van der Waals surface area contributed by atoms with Crippen LogP contribution in [0.5, 0.6) is 5.75 Å². The molecule has 2 amide bonds. The number of alkyl carbamates (subject to hydrolysis) is 1. The number of nitrogens with two attached hydrogens (primary N) is 1. The molecular weight excluding hydrogens is 531 g/mol. The van der Waals surface area contributed by atoms with Crippen molar-refractivity contribution in [2.24, 2.45) is 5.73 Å². The summed E-state index contributed by atoms with van der Waals surface area (Å²) in [5.74, 6) is -0.249. The molecule has 3 aromatic rings. The van der Waals surface area contributed by atoms with Crippen LogP contribution in [0.25, 0.3) is 22.4 Å². The van der Waals surface area contributed by atoms with Gasteiger partial charge in [0.1, 0.15) is 23.1 Å². The third-order valence-electron chi connectivity index (χ3n) is 7.22. The number of rotatable bonds is 7. The highest BCUT2D eigenvalue weighted by molar-refractivity contribution is 5.98. The number of amides is 2. The second kappa shape index (κ2) is 11.0. The van der Waals surface area contributed by atoms with Crippen LogP contribution in [0.3, 0.4) is 0 Å². The molecule has 1 aromatic carbocycles. The monoisotopic (exact) mass is 561 g/mol. The fraction of sp³-hybridized carbons (Fsp3) is 0.481. The molecule has 0 saturated heterocycles. The van der Waals surface area contributed by atoms with Crippen LogP contribution in [0.2, 0.25) is 0 Å². The molecule has 0 bridgehead atoms. The summed E-state index contributed by atoms with van der Waals surface area (Å²) >= 11 is 0. The number of carbonyl (C=O) groups is 2. The van der Waals surface area contributed by atoms with E-state index in [9.17, 15) is 22.8 Å². The minimum Gasteiger partial charge on any atom is -0.494 e. The van der Waals surface area contributed by atoms with Gasteiger partial charge in [-0.1, -0.05) is 12.8 Å². The third kappa shape index (κ3) is 5.69. The van der Waals surface area contributed by atoms with Crippen LogP contribution in [-0.4, -0.2) is 47.3 Å². The molecule has 0 spiro atoms. The van der Waals surface area contributed by atoms with Crippen LogP contribution in [0.15, 0.2) is 28.7 Å². The van der Waals surface area contributed by atoms with Gasteiger partial charge in [-0.3, -0.25) is 4.79 Å². The van der Waals surface area contributed by atoms with E-state index in [1.807, 2.05) is 0 Å². The maximum absolute atomic E-state index is 13.3. The number of carbonyl (C=O) groups excluding carboxylic acids is 2. The summed E-state index contributed by atoms with van der Waals surface area (Å²) in [4.78, 5) is 33.3. The van der Waals surface area contributed by atoms with Crippen LogP contribution in [-0.2, 0) is 10.9 Å². The first kappa shape index (κ1) is 27.7. The number of hydrogen-bond acceptors (Lipinski definition) is 8. The molecule has 2 aromatic heterocycles. The zero-order valence-electron chi connectivity index (χ0n) is 22.0. The van der Waals surface area contributed by atoms with Crippen molar-refractivity contribution in [3.63, 3.8) is 0 Å². The number of oxazole rings is 1. The average Bonchev–Trinajstić information content (AvgIpc) is 3.56. The fourth-order valence-electron chi connectivity index (χ4n) is 5.08. The zero-order valence-corrected chi connectivity index (χ0v) is 22.0. The Morgan fingerprint density at radius 2 is 1.80 bits per heavy atom. The number of benzene rings is 1. The van der Waals surface area contributed by atoms with E-state index >= 15 is 0 Å². The number of methoxy groups -OCH3 is 1. The van der Waals surface area contributed by atoms with Crippen molar-refractivity contribution in [3.05, 3.63) is 41.4 Å². The summed E-state index contributed by atoms with van der Waals surface area (Å²) in [7, 11) is 1.33. The lowest BCUT2D eigenvalue weighted by Gasteiger charge is -2.35. The van der Waals surface area contributed by atoms with Gasteiger partial charge in [0.15, 0.2) is 11.5 Å². The average molecular weight is 562 g/mol. The van der Waals surface area contributed by atoms with Gasteiger partial charge < -0.3 is 30.3 Å². The number of hydrogen-bond donors (Lipinski definition) is 3. The Bertz CT molecular complexity index is 1410. The highest BCUT2D eigenvalue weighted by Gasteiger charge is 2.36. The predicted molar refractivity (Wildman–Crippen MR) is 138 cm³/mol. The van der Waals surface area contributed by atoms with Crippen molar-refractivity contribution >= 4 is 22.9 Å². The van der Waals surface area contributed by atoms with Gasteiger partial charge in [0.2, 0.25) is 5.89 Å². The first-order valence-corrected chi connectivity index (χ1v) is 13.1. The Labute approximate surface area is 227 Å². The predicted octanol–water partition coefficient (Wildman–Crippen LogP) is 4.87. The Morgan fingerprint density at radius 1 is 1.07 bits per heavy atom. The van der Waals surface area contributed by atoms with Gasteiger partial charge >= 0.3 is 12.3 Å². The van der Waals surface area contributed by atoms with Gasteiger partial charge in [0.05, 0.1) is 13.2 Å². The van der Waals surface area contributed by atoms with Crippen LogP contribution in [0.1, 0.15) is 73.4 Å². The summed E-state index contributed by atoms with van der Waals surface area (Å²) in [6, 6.07) is 4.37. The highest BCUT2D eigenvalue weighted by Crippen LogP contribution is 2.37. The van der Waals surface area contributed by atoms with E-state index in [2.05, 4.69) is 20.6 Å². The summed E-state index contributed by atoms with van der Waals surface area (Å²) in [6.07, 6.45) is -0.360. The molecule has 2 aliphatic rings. The van der Waals surface area contributed by atoms with E-state index in [1.165, 1.54) is 19.2 Å². The van der Waals surface area contributed by atoms with E-state index in [4.69, 9.17) is 19.6 Å². The van der Waals surface area contributed by atoms with Gasteiger partial charge in [0.25, 0.3) is 5.91 Å². The quantitative estimate of drug-likeness (QED) is 0.371.